The number of hydrazone groups is 1. The first-order chi connectivity index (χ1) is 12.6. The fourth-order valence-electron chi connectivity index (χ4n) is 2.33. The number of carbonyl (C=O) groups excluding carboxylic acids is 1. The average Bonchev–Trinajstić information content (AvgIpc) is 3.17. The highest BCUT2D eigenvalue weighted by Gasteiger charge is 2.18. The molecule has 0 saturated carbocycles. The minimum Gasteiger partial charge on any atom is -0.490 e. The zero-order chi connectivity index (χ0) is 18.9. The van der Waals surface area contributed by atoms with E-state index >= 15 is 0 Å². The topological polar surface area (TPSA) is 84.9 Å². The van der Waals surface area contributed by atoms with E-state index in [1.54, 1.807) is 18.3 Å². The van der Waals surface area contributed by atoms with Gasteiger partial charge in [-0.1, -0.05) is 0 Å². The summed E-state index contributed by atoms with van der Waals surface area (Å²) in [6.07, 6.45) is 1.80. The summed E-state index contributed by atoms with van der Waals surface area (Å²) in [5.41, 5.74) is 4.44. The molecule has 0 radical (unpaired) electrons. The summed E-state index contributed by atoms with van der Waals surface area (Å²) in [4.78, 5) is 15.6. The molecule has 0 aliphatic rings. The lowest BCUT2D eigenvalue weighted by Gasteiger charge is -2.16. The maximum atomic E-state index is 12.5. The van der Waals surface area contributed by atoms with Crippen LogP contribution in [0.1, 0.15) is 43.7 Å². The largest absolute Gasteiger partial charge is 0.490 e. The third kappa shape index (κ3) is 4.78. The molecule has 0 bridgehead atoms. The molecule has 7 heteroatoms. The van der Waals surface area contributed by atoms with Crippen molar-refractivity contribution in [3.8, 4) is 17.2 Å². The second kappa shape index (κ2) is 9.50. The number of hydrogen-bond acceptors (Lipinski definition) is 5. The van der Waals surface area contributed by atoms with E-state index in [-0.39, 0.29) is 5.91 Å². The molecule has 1 aromatic heterocycles. The minimum atomic E-state index is -0.360. The van der Waals surface area contributed by atoms with E-state index in [9.17, 15) is 4.79 Å². The molecule has 2 N–H and O–H groups in total. The van der Waals surface area contributed by atoms with Crippen LogP contribution in [0.4, 0.5) is 0 Å². The summed E-state index contributed by atoms with van der Waals surface area (Å²) < 4.78 is 16.9. The van der Waals surface area contributed by atoms with Gasteiger partial charge in [0, 0.05) is 11.8 Å². The molecule has 0 aliphatic heterocycles. The number of ether oxygens (including phenoxy) is 3. The van der Waals surface area contributed by atoms with Gasteiger partial charge in [0.15, 0.2) is 11.5 Å². The highest BCUT2D eigenvalue weighted by Crippen LogP contribution is 2.39. The van der Waals surface area contributed by atoms with Crippen molar-refractivity contribution in [2.75, 3.05) is 19.8 Å². The van der Waals surface area contributed by atoms with Crippen LogP contribution in [-0.2, 0) is 0 Å². The van der Waals surface area contributed by atoms with Crippen LogP contribution >= 0.6 is 0 Å². The number of aromatic amines is 1. The molecule has 0 saturated heterocycles. The van der Waals surface area contributed by atoms with E-state index in [1.807, 2.05) is 39.8 Å². The minimum absolute atomic E-state index is 0.360. The predicted octanol–water partition coefficient (Wildman–Crippen LogP) is 3.36. The fourth-order valence-corrected chi connectivity index (χ4v) is 2.33. The third-order valence-corrected chi connectivity index (χ3v) is 3.48. The van der Waals surface area contributed by atoms with Crippen molar-refractivity contribution < 1.29 is 19.0 Å². The Kier molecular flexibility index (Phi) is 7.08. The Balaban J connectivity index is 2.29. The van der Waals surface area contributed by atoms with E-state index in [0.717, 1.165) is 5.69 Å². The van der Waals surface area contributed by atoms with Gasteiger partial charge in [-0.05, 0) is 52.0 Å². The van der Waals surface area contributed by atoms with Crippen LogP contribution in [0.2, 0.25) is 0 Å². The first kappa shape index (κ1) is 19.4. The van der Waals surface area contributed by atoms with Gasteiger partial charge in [0.1, 0.15) is 0 Å². The molecule has 7 nitrogen and oxygen atoms in total. The van der Waals surface area contributed by atoms with Gasteiger partial charge in [-0.3, -0.25) is 4.79 Å². The monoisotopic (exact) mass is 359 g/mol. The Morgan fingerprint density at radius 2 is 1.69 bits per heavy atom. The zero-order valence-electron chi connectivity index (χ0n) is 15.6. The Bertz CT molecular complexity index is 727. The second-order valence-corrected chi connectivity index (χ2v) is 5.32. The van der Waals surface area contributed by atoms with Gasteiger partial charge in [0.05, 0.1) is 31.2 Å². The highest BCUT2D eigenvalue weighted by molar-refractivity contribution is 6.00. The highest BCUT2D eigenvalue weighted by atomic mass is 16.5. The lowest BCUT2D eigenvalue weighted by molar-refractivity contribution is 0.0953. The molecule has 0 spiro atoms. The van der Waals surface area contributed by atoms with Gasteiger partial charge >= 0.3 is 0 Å². The average molecular weight is 359 g/mol. The number of amides is 1. The number of H-pyrrole nitrogens is 1. The maximum Gasteiger partial charge on any atom is 0.271 e. The number of aromatic nitrogens is 1. The molecule has 140 valence electrons. The van der Waals surface area contributed by atoms with Crippen LogP contribution in [0, 0.1) is 0 Å². The number of hydrogen-bond donors (Lipinski definition) is 2. The molecule has 2 aromatic rings. The summed E-state index contributed by atoms with van der Waals surface area (Å²) >= 11 is 0. The predicted molar refractivity (Wildman–Crippen MR) is 100 cm³/mol. The van der Waals surface area contributed by atoms with Crippen LogP contribution < -0.4 is 19.6 Å². The Hall–Kier alpha value is -2.96. The van der Waals surface area contributed by atoms with Crippen molar-refractivity contribution in [1.29, 1.82) is 0 Å². The Labute approximate surface area is 153 Å². The van der Waals surface area contributed by atoms with Crippen molar-refractivity contribution in [2.24, 2.45) is 5.10 Å². The molecule has 1 heterocycles. The molecule has 0 fully saturated rings. The lowest BCUT2D eigenvalue weighted by atomic mass is 10.1. The molecular formula is C19H25N3O4. The summed E-state index contributed by atoms with van der Waals surface area (Å²) in [5, 5.41) is 4.13. The van der Waals surface area contributed by atoms with Crippen LogP contribution in [0.3, 0.4) is 0 Å². The Morgan fingerprint density at radius 1 is 1.08 bits per heavy atom. The Morgan fingerprint density at radius 3 is 2.19 bits per heavy atom. The van der Waals surface area contributed by atoms with Gasteiger partial charge < -0.3 is 19.2 Å². The van der Waals surface area contributed by atoms with E-state index in [1.165, 1.54) is 0 Å². The molecule has 26 heavy (non-hydrogen) atoms. The van der Waals surface area contributed by atoms with Crippen molar-refractivity contribution in [3.05, 3.63) is 41.7 Å². The number of nitrogens with zero attached hydrogens (tertiary/aromatic N) is 1. The molecular weight excluding hydrogens is 334 g/mol. The van der Waals surface area contributed by atoms with E-state index < -0.39 is 0 Å². The molecule has 0 aliphatic carbocycles. The zero-order valence-corrected chi connectivity index (χ0v) is 15.6. The van der Waals surface area contributed by atoms with Crippen molar-refractivity contribution in [3.63, 3.8) is 0 Å². The molecule has 1 aromatic carbocycles. The van der Waals surface area contributed by atoms with Crippen LogP contribution in [0.25, 0.3) is 0 Å². The van der Waals surface area contributed by atoms with Gasteiger partial charge in [-0.25, -0.2) is 5.43 Å². The second-order valence-electron chi connectivity index (χ2n) is 5.32. The number of carbonyl (C=O) groups is 1. The normalized spacial score (nSPS) is 11.2. The number of rotatable bonds is 9. The van der Waals surface area contributed by atoms with Gasteiger partial charge in [0.25, 0.3) is 5.91 Å². The van der Waals surface area contributed by atoms with Crippen LogP contribution in [-0.4, -0.2) is 36.4 Å². The standard InChI is InChI=1S/C19H25N3O4/c1-5-24-16-11-14(12-17(25-6-2)18(16)26-7-3)19(23)22-21-13(4)15-9-8-10-20-15/h8-12,20H,5-7H2,1-4H3,(H,22,23)/b21-13+. The van der Waals surface area contributed by atoms with Crippen molar-refractivity contribution >= 4 is 11.6 Å². The van der Waals surface area contributed by atoms with E-state index in [4.69, 9.17) is 14.2 Å². The first-order valence-electron chi connectivity index (χ1n) is 8.65. The fraction of sp³-hybridized carbons (Fsp3) is 0.368. The van der Waals surface area contributed by atoms with Crippen LogP contribution in [0.15, 0.2) is 35.6 Å². The number of nitrogens with one attached hydrogen (secondary N) is 2. The maximum absolute atomic E-state index is 12.5. The van der Waals surface area contributed by atoms with Gasteiger partial charge in [-0.15, -0.1) is 0 Å². The summed E-state index contributed by atoms with van der Waals surface area (Å²) in [5.74, 6) is 1.07. The van der Waals surface area contributed by atoms with Crippen LogP contribution in [0.5, 0.6) is 17.2 Å². The smallest absolute Gasteiger partial charge is 0.271 e. The molecule has 1 amide bonds. The van der Waals surface area contributed by atoms with Crippen molar-refractivity contribution in [2.45, 2.75) is 27.7 Å². The summed E-state index contributed by atoms with van der Waals surface area (Å²) in [6, 6.07) is 7.01. The van der Waals surface area contributed by atoms with E-state index in [2.05, 4.69) is 15.5 Å². The van der Waals surface area contributed by atoms with E-state index in [0.29, 0.717) is 48.3 Å². The quantitative estimate of drug-likeness (QED) is 0.531. The molecule has 0 unspecified atom stereocenters. The first-order valence-corrected chi connectivity index (χ1v) is 8.65. The number of benzene rings is 1. The van der Waals surface area contributed by atoms with Gasteiger partial charge in [-0.2, -0.15) is 5.10 Å². The third-order valence-electron chi connectivity index (χ3n) is 3.48. The lowest BCUT2D eigenvalue weighted by Crippen LogP contribution is -2.20. The van der Waals surface area contributed by atoms with Gasteiger partial charge in [0.2, 0.25) is 5.75 Å². The summed E-state index contributed by atoms with van der Waals surface area (Å²) in [6.45, 7) is 8.78. The summed E-state index contributed by atoms with van der Waals surface area (Å²) in [7, 11) is 0. The van der Waals surface area contributed by atoms with Crippen molar-refractivity contribution in [1.82, 2.24) is 10.4 Å². The molecule has 2 rings (SSSR count). The SMILES string of the molecule is CCOc1cc(C(=O)N/N=C(\C)c2ccc[nH]2)cc(OCC)c1OCC. The molecule has 0 atom stereocenters.